The van der Waals surface area contributed by atoms with Crippen LogP contribution < -0.4 is 15.4 Å². The second-order valence-electron chi connectivity index (χ2n) is 6.52. The minimum Gasteiger partial charge on any atom is -0.492 e. The number of rotatable bonds is 9. The summed E-state index contributed by atoms with van der Waals surface area (Å²) in [5.41, 5.74) is 2.22. The number of nitrogens with zero attached hydrogens (tertiary/aromatic N) is 1. The van der Waals surface area contributed by atoms with Gasteiger partial charge in [-0.15, -0.1) is 0 Å². The third kappa shape index (κ3) is 7.60. The first-order valence-corrected chi connectivity index (χ1v) is 11.3. The smallest absolute Gasteiger partial charge is 0.191 e. The van der Waals surface area contributed by atoms with Crippen LogP contribution in [-0.4, -0.2) is 46.9 Å². The first-order valence-electron chi connectivity index (χ1n) is 9.39. The number of benzene rings is 2. The molecule has 0 aliphatic carbocycles. The summed E-state index contributed by atoms with van der Waals surface area (Å²) >= 11 is 0. The molecule has 2 aromatic rings. The molecule has 0 unspecified atom stereocenters. The van der Waals surface area contributed by atoms with Gasteiger partial charge in [-0.05, 0) is 55.7 Å². The normalized spacial score (nSPS) is 11.9. The van der Waals surface area contributed by atoms with Crippen LogP contribution in [0.2, 0.25) is 0 Å². The minimum absolute atomic E-state index is 0.336. The second kappa shape index (κ2) is 10.7. The number of sulfone groups is 1. The molecular weight excluding hydrogens is 374 g/mol. The SMILES string of the molecule is CCNC(=NCCc1ccc(S(C)(=O)=O)cc1)NCCOc1cccc(C)c1. The average Bonchev–Trinajstić information content (AvgIpc) is 2.65. The molecular formula is C21H29N3O3S. The molecule has 0 aliphatic rings. The zero-order valence-electron chi connectivity index (χ0n) is 16.7. The largest absolute Gasteiger partial charge is 0.492 e. The highest BCUT2D eigenvalue weighted by atomic mass is 32.2. The van der Waals surface area contributed by atoms with Gasteiger partial charge in [-0.1, -0.05) is 24.3 Å². The van der Waals surface area contributed by atoms with E-state index in [2.05, 4.69) is 15.6 Å². The molecule has 0 amide bonds. The fourth-order valence-electron chi connectivity index (χ4n) is 2.59. The van der Waals surface area contributed by atoms with Crippen molar-refractivity contribution in [3.63, 3.8) is 0 Å². The minimum atomic E-state index is -3.16. The van der Waals surface area contributed by atoms with Gasteiger partial charge in [0.25, 0.3) is 0 Å². The van der Waals surface area contributed by atoms with Crippen molar-refractivity contribution < 1.29 is 13.2 Å². The Morgan fingerprint density at radius 2 is 1.86 bits per heavy atom. The monoisotopic (exact) mass is 403 g/mol. The van der Waals surface area contributed by atoms with Crippen molar-refractivity contribution in [2.24, 2.45) is 4.99 Å². The zero-order valence-corrected chi connectivity index (χ0v) is 17.6. The van der Waals surface area contributed by atoms with Gasteiger partial charge in [0.1, 0.15) is 12.4 Å². The molecule has 0 bridgehead atoms. The molecule has 6 nitrogen and oxygen atoms in total. The van der Waals surface area contributed by atoms with Crippen LogP contribution in [0.5, 0.6) is 5.75 Å². The summed E-state index contributed by atoms with van der Waals surface area (Å²) in [7, 11) is -3.16. The first-order chi connectivity index (χ1) is 13.4. The standard InChI is InChI=1S/C21H29N3O3S/c1-4-22-21(24-14-15-27-19-7-5-6-17(2)16-19)23-13-12-18-8-10-20(11-9-18)28(3,25)26/h5-11,16H,4,12-15H2,1-3H3,(H2,22,23,24). The third-order valence-corrected chi connectivity index (χ3v) is 5.15. The van der Waals surface area contributed by atoms with Gasteiger partial charge >= 0.3 is 0 Å². The van der Waals surface area contributed by atoms with Gasteiger partial charge in [0.15, 0.2) is 15.8 Å². The van der Waals surface area contributed by atoms with Crippen molar-refractivity contribution in [3.05, 3.63) is 59.7 Å². The Kier molecular flexibility index (Phi) is 8.32. The molecule has 0 atom stereocenters. The topological polar surface area (TPSA) is 79.8 Å². The van der Waals surface area contributed by atoms with Crippen LogP contribution in [0.3, 0.4) is 0 Å². The Bertz CT molecular complexity index is 878. The van der Waals surface area contributed by atoms with E-state index in [0.717, 1.165) is 30.2 Å². The van der Waals surface area contributed by atoms with Crippen LogP contribution in [0.1, 0.15) is 18.1 Å². The summed E-state index contributed by atoms with van der Waals surface area (Å²) in [6, 6.07) is 14.9. The van der Waals surface area contributed by atoms with Gasteiger partial charge in [-0.3, -0.25) is 4.99 Å². The van der Waals surface area contributed by atoms with E-state index in [4.69, 9.17) is 4.74 Å². The summed E-state index contributed by atoms with van der Waals surface area (Å²) in [5.74, 6) is 1.60. The summed E-state index contributed by atoms with van der Waals surface area (Å²) in [4.78, 5) is 4.90. The van der Waals surface area contributed by atoms with Gasteiger partial charge in [-0.2, -0.15) is 0 Å². The van der Waals surface area contributed by atoms with E-state index in [0.29, 0.717) is 24.6 Å². The van der Waals surface area contributed by atoms with E-state index in [1.807, 2.05) is 50.2 Å². The Hall–Kier alpha value is -2.54. The molecule has 2 rings (SSSR count). The van der Waals surface area contributed by atoms with Gasteiger partial charge in [0, 0.05) is 19.3 Å². The van der Waals surface area contributed by atoms with Gasteiger partial charge in [0.05, 0.1) is 11.4 Å². The molecule has 7 heteroatoms. The van der Waals surface area contributed by atoms with E-state index in [1.165, 1.54) is 11.8 Å². The maximum atomic E-state index is 11.5. The lowest BCUT2D eigenvalue weighted by Crippen LogP contribution is -2.39. The van der Waals surface area contributed by atoms with Crippen molar-refractivity contribution in [1.82, 2.24) is 10.6 Å². The Morgan fingerprint density at radius 3 is 2.50 bits per heavy atom. The number of guanidine groups is 1. The lowest BCUT2D eigenvalue weighted by molar-refractivity contribution is 0.321. The fraction of sp³-hybridized carbons (Fsp3) is 0.381. The van der Waals surface area contributed by atoms with Crippen LogP contribution >= 0.6 is 0 Å². The van der Waals surface area contributed by atoms with E-state index in [9.17, 15) is 8.42 Å². The van der Waals surface area contributed by atoms with Gasteiger partial charge in [-0.25, -0.2) is 8.42 Å². The molecule has 0 spiro atoms. The summed E-state index contributed by atoms with van der Waals surface area (Å²) in [5, 5.41) is 6.47. The highest BCUT2D eigenvalue weighted by Gasteiger charge is 2.06. The highest BCUT2D eigenvalue weighted by molar-refractivity contribution is 7.90. The molecule has 28 heavy (non-hydrogen) atoms. The van der Waals surface area contributed by atoms with Crippen LogP contribution in [0.4, 0.5) is 0 Å². The molecule has 0 heterocycles. The molecule has 0 fully saturated rings. The predicted octanol–water partition coefficient (Wildman–Crippen LogP) is 2.58. The van der Waals surface area contributed by atoms with Crippen LogP contribution in [-0.2, 0) is 16.3 Å². The van der Waals surface area contributed by atoms with Crippen molar-refractivity contribution in [2.45, 2.75) is 25.2 Å². The van der Waals surface area contributed by atoms with Crippen LogP contribution in [0, 0.1) is 6.92 Å². The number of hydrogen-bond donors (Lipinski definition) is 2. The second-order valence-corrected chi connectivity index (χ2v) is 8.53. The van der Waals surface area contributed by atoms with E-state index in [1.54, 1.807) is 12.1 Å². The van der Waals surface area contributed by atoms with E-state index >= 15 is 0 Å². The molecule has 152 valence electrons. The molecule has 2 aromatic carbocycles. The number of aliphatic imine (C=N–C) groups is 1. The van der Waals surface area contributed by atoms with E-state index < -0.39 is 9.84 Å². The number of nitrogens with one attached hydrogen (secondary N) is 2. The van der Waals surface area contributed by atoms with Crippen LogP contribution in [0.15, 0.2) is 58.4 Å². The quantitative estimate of drug-likeness (QED) is 0.382. The average molecular weight is 404 g/mol. The van der Waals surface area contributed by atoms with Gasteiger partial charge < -0.3 is 15.4 Å². The lowest BCUT2D eigenvalue weighted by atomic mass is 10.1. The maximum Gasteiger partial charge on any atom is 0.191 e. The zero-order chi connectivity index (χ0) is 20.4. The number of aryl methyl sites for hydroxylation is 1. The van der Waals surface area contributed by atoms with Crippen molar-refractivity contribution in [2.75, 3.05) is 32.5 Å². The Morgan fingerprint density at radius 1 is 1.11 bits per heavy atom. The number of ether oxygens (including phenoxy) is 1. The molecule has 0 radical (unpaired) electrons. The summed E-state index contributed by atoms with van der Waals surface area (Å²) in [6.45, 7) is 6.61. The highest BCUT2D eigenvalue weighted by Crippen LogP contribution is 2.12. The lowest BCUT2D eigenvalue weighted by Gasteiger charge is -2.12. The van der Waals surface area contributed by atoms with Crippen molar-refractivity contribution in [3.8, 4) is 5.75 Å². The third-order valence-electron chi connectivity index (χ3n) is 4.02. The number of hydrogen-bond acceptors (Lipinski definition) is 4. The first kappa shape index (κ1) is 21.8. The maximum absolute atomic E-state index is 11.5. The molecule has 2 N–H and O–H groups in total. The Labute approximate surface area is 168 Å². The predicted molar refractivity (Wildman–Crippen MR) is 114 cm³/mol. The molecule has 0 saturated carbocycles. The summed E-state index contributed by atoms with van der Waals surface area (Å²) in [6.07, 6.45) is 1.95. The molecule has 0 aliphatic heterocycles. The molecule has 0 saturated heterocycles. The van der Waals surface area contributed by atoms with E-state index in [-0.39, 0.29) is 0 Å². The summed E-state index contributed by atoms with van der Waals surface area (Å²) < 4.78 is 28.7. The fourth-order valence-corrected chi connectivity index (χ4v) is 3.22. The van der Waals surface area contributed by atoms with Crippen molar-refractivity contribution >= 4 is 15.8 Å². The molecule has 0 aromatic heterocycles. The van der Waals surface area contributed by atoms with Gasteiger partial charge in [0.2, 0.25) is 0 Å². The Balaban J connectivity index is 1.79. The van der Waals surface area contributed by atoms with Crippen LogP contribution in [0.25, 0.3) is 0 Å². The van der Waals surface area contributed by atoms with Crippen molar-refractivity contribution in [1.29, 1.82) is 0 Å².